The summed E-state index contributed by atoms with van der Waals surface area (Å²) in [6.45, 7) is 0. The van der Waals surface area contributed by atoms with Gasteiger partial charge in [-0.25, -0.2) is 8.78 Å². The summed E-state index contributed by atoms with van der Waals surface area (Å²) in [7, 11) is 0. The minimum atomic E-state index is -4.50. The zero-order valence-corrected chi connectivity index (χ0v) is 17.1. The Labute approximate surface area is 179 Å². The molecule has 3 aromatic carbocycles. The molecule has 4 rings (SSSR count). The SMILES string of the molecule is Fc1ccc(Sc2ccc(Nc3nc4cc(C(F)(F)F)cc(Br)c4o3)cc2)c(F)c1. The zero-order chi connectivity index (χ0) is 21.5. The molecular formula is C20H10BrF5N2OS. The zero-order valence-electron chi connectivity index (χ0n) is 14.7. The van der Waals surface area contributed by atoms with E-state index in [-0.39, 0.29) is 26.5 Å². The van der Waals surface area contributed by atoms with E-state index in [1.54, 1.807) is 24.3 Å². The van der Waals surface area contributed by atoms with E-state index < -0.39 is 23.4 Å². The normalized spacial score (nSPS) is 11.8. The number of rotatable bonds is 4. The standard InChI is InChI=1S/C20H10BrF5N2OS/c21-14-7-10(20(24,25)26)8-16-18(14)29-19(28-16)27-12-2-4-13(5-3-12)30-17-6-1-11(22)9-15(17)23/h1-9H,(H,27,28). The first-order valence-corrected chi connectivity index (χ1v) is 9.97. The second-order valence-electron chi connectivity index (χ2n) is 6.15. The van der Waals surface area contributed by atoms with Crippen LogP contribution in [0.15, 0.2) is 73.3 Å². The van der Waals surface area contributed by atoms with E-state index in [0.717, 1.165) is 30.0 Å². The molecule has 0 saturated carbocycles. The van der Waals surface area contributed by atoms with Gasteiger partial charge in [-0.1, -0.05) is 11.8 Å². The maximum absolute atomic E-state index is 13.8. The van der Waals surface area contributed by atoms with Crippen molar-refractivity contribution in [1.29, 1.82) is 0 Å². The Morgan fingerprint density at radius 3 is 2.37 bits per heavy atom. The lowest BCUT2D eigenvalue weighted by Gasteiger charge is -2.06. The van der Waals surface area contributed by atoms with Gasteiger partial charge >= 0.3 is 6.18 Å². The Hall–Kier alpha value is -2.59. The average Bonchev–Trinajstić information content (AvgIpc) is 3.08. The highest BCUT2D eigenvalue weighted by molar-refractivity contribution is 9.10. The first kappa shape index (κ1) is 20.7. The summed E-state index contributed by atoms with van der Waals surface area (Å²) in [5.41, 5.74) is -0.0311. The van der Waals surface area contributed by atoms with Gasteiger partial charge in [0.25, 0.3) is 6.01 Å². The van der Waals surface area contributed by atoms with Crippen LogP contribution in [0.4, 0.5) is 33.7 Å². The minimum Gasteiger partial charge on any atom is -0.422 e. The Morgan fingerprint density at radius 2 is 1.70 bits per heavy atom. The molecule has 0 aliphatic heterocycles. The molecule has 0 atom stereocenters. The molecule has 0 aliphatic carbocycles. The van der Waals surface area contributed by atoms with Gasteiger partial charge in [-0.2, -0.15) is 18.2 Å². The van der Waals surface area contributed by atoms with Gasteiger partial charge in [0.1, 0.15) is 17.2 Å². The van der Waals surface area contributed by atoms with Crippen LogP contribution in [0.1, 0.15) is 5.56 Å². The number of nitrogens with one attached hydrogen (secondary N) is 1. The van der Waals surface area contributed by atoms with Crippen LogP contribution in [0, 0.1) is 11.6 Å². The summed E-state index contributed by atoms with van der Waals surface area (Å²) < 4.78 is 71.3. The number of benzene rings is 3. The molecular weight excluding hydrogens is 491 g/mol. The molecule has 4 aromatic rings. The summed E-state index contributed by atoms with van der Waals surface area (Å²) in [4.78, 5) is 5.04. The Balaban J connectivity index is 1.53. The van der Waals surface area contributed by atoms with Crippen LogP contribution in [-0.4, -0.2) is 4.98 Å². The van der Waals surface area contributed by atoms with Gasteiger partial charge < -0.3 is 9.73 Å². The molecule has 0 radical (unpaired) electrons. The summed E-state index contributed by atoms with van der Waals surface area (Å²) >= 11 is 4.20. The number of fused-ring (bicyclic) bond motifs is 1. The van der Waals surface area contributed by atoms with Crippen molar-refractivity contribution in [2.75, 3.05) is 5.32 Å². The van der Waals surface area contributed by atoms with Crippen LogP contribution in [0.3, 0.4) is 0 Å². The van der Waals surface area contributed by atoms with Gasteiger partial charge in [-0.05, 0) is 64.5 Å². The molecule has 0 unspecified atom stereocenters. The number of anilines is 2. The molecule has 10 heteroatoms. The maximum atomic E-state index is 13.8. The molecule has 3 nitrogen and oxygen atoms in total. The van der Waals surface area contributed by atoms with Gasteiger partial charge in [-0.15, -0.1) is 0 Å². The Bertz CT molecular complexity index is 1220. The van der Waals surface area contributed by atoms with Crippen molar-refractivity contribution in [1.82, 2.24) is 4.98 Å². The Morgan fingerprint density at radius 1 is 0.967 bits per heavy atom. The molecule has 0 fully saturated rings. The summed E-state index contributed by atoms with van der Waals surface area (Å²) in [6, 6.07) is 12.0. The highest BCUT2D eigenvalue weighted by atomic mass is 79.9. The lowest BCUT2D eigenvalue weighted by Crippen LogP contribution is -2.04. The number of aromatic nitrogens is 1. The number of nitrogens with zero attached hydrogens (tertiary/aromatic N) is 1. The predicted octanol–water partition coefficient (Wildman–Crippen LogP) is 7.78. The van der Waals surface area contributed by atoms with Crippen LogP contribution >= 0.6 is 27.7 Å². The van der Waals surface area contributed by atoms with Crippen LogP contribution in [0.25, 0.3) is 11.1 Å². The van der Waals surface area contributed by atoms with Gasteiger partial charge in [0.2, 0.25) is 0 Å². The van der Waals surface area contributed by atoms with Gasteiger partial charge in [0.15, 0.2) is 5.58 Å². The smallest absolute Gasteiger partial charge is 0.416 e. The number of hydrogen-bond acceptors (Lipinski definition) is 4. The quantitative estimate of drug-likeness (QED) is 0.290. The summed E-state index contributed by atoms with van der Waals surface area (Å²) in [5, 5.41) is 2.88. The van der Waals surface area contributed by atoms with E-state index in [2.05, 4.69) is 26.2 Å². The van der Waals surface area contributed by atoms with E-state index in [4.69, 9.17) is 4.42 Å². The highest BCUT2D eigenvalue weighted by Gasteiger charge is 2.32. The van der Waals surface area contributed by atoms with Crippen molar-refractivity contribution in [3.8, 4) is 0 Å². The maximum Gasteiger partial charge on any atom is 0.416 e. The topological polar surface area (TPSA) is 38.1 Å². The van der Waals surface area contributed by atoms with Gasteiger partial charge in [-0.3, -0.25) is 0 Å². The fourth-order valence-electron chi connectivity index (χ4n) is 2.62. The molecule has 0 amide bonds. The molecule has 1 N–H and O–H groups in total. The number of halogens is 6. The molecule has 0 bridgehead atoms. The second-order valence-corrected chi connectivity index (χ2v) is 8.12. The molecule has 0 saturated heterocycles. The fourth-order valence-corrected chi connectivity index (χ4v) is 3.97. The lowest BCUT2D eigenvalue weighted by molar-refractivity contribution is -0.137. The van der Waals surface area contributed by atoms with Crippen molar-refractivity contribution >= 4 is 50.5 Å². The van der Waals surface area contributed by atoms with Crippen molar-refractivity contribution in [3.05, 3.63) is 76.3 Å². The number of oxazole rings is 1. The van der Waals surface area contributed by atoms with Crippen molar-refractivity contribution < 1.29 is 26.4 Å². The van der Waals surface area contributed by atoms with E-state index in [1.807, 2.05) is 0 Å². The average molecular weight is 501 g/mol. The summed E-state index contributed by atoms with van der Waals surface area (Å²) in [6.07, 6.45) is -4.50. The van der Waals surface area contributed by atoms with Crippen molar-refractivity contribution in [2.24, 2.45) is 0 Å². The first-order valence-electron chi connectivity index (χ1n) is 8.36. The summed E-state index contributed by atoms with van der Waals surface area (Å²) in [5.74, 6) is -1.30. The first-order chi connectivity index (χ1) is 14.2. The third-order valence-corrected chi connectivity index (χ3v) is 5.65. The van der Waals surface area contributed by atoms with Crippen molar-refractivity contribution in [2.45, 2.75) is 16.0 Å². The van der Waals surface area contributed by atoms with Crippen molar-refractivity contribution in [3.63, 3.8) is 0 Å². The molecule has 0 aliphatic rings. The largest absolute Gasteiger partial charge is 0.422 e. The second kappa shape index (κ2) is 7.92. The molecule has 0 spiro atoms. The molecule has 30 heavy (non-hydrogen) atoms. The Kier molecular flexibility index (Phi) is 5.46. The van der Waals surface area contributed by atoms with E-state index in [0.29, 0.717) is 10.6 Å². The molecule has 1 heterocycles. The third-order valence-electron chi connectivity index (χ3n) is 4.00. The molecule has 154 valence electrons. The van der Waals surface area contributed by atoms with Gasteiger partial charge in [0, 0.05) is 21.5 Å². The lowest BCUT2D eigenvalue weighted by atomic mass is 10.2. The van der Waals surface area contributed by atoms with E-state index in [9.17, 15) is 22.0 Å². The number of hydrogen-bond donors (Lipinski definition) is 1. The van der Waals surface area contributed by atoms with Crippen LogP contribution in [0.2, 0.25) is 0 Å². The van der Waals surface area contributed by atoms with E-state index in [1.165, 1.54) is 12.1 Å². The highest BCUT2D eigenvalue weighted by Crippen LogP contribution is 2.37. The monoisotopic (exact) mass is 500 g/mol. The van der Waals surface area contributed by atoms with Gasteiger partial charge in [0.05, 0.1) is 10.0 Å². The molecule has 1 aromatic heterocycles. The van der Waals surface area contributed by atoms with E-state index >= 15 is 0 Å². The van der Waals surface area contributed by atoms with Crippen LogP contribution in [-0.2, 0) is 6.18 Å². The van der Waals surface area contributed by atoms with Crippen LogP contribution < -0.4 is 5.32 Å². The minimum absolute atomic E-state index is 0.0232. The fraction of sp³-hybridized carbons (Fsp3) is 0.0500. The predicted molar refractivity (Wildman–Crippen MR) is 107 cm³/mol. The van der Waals surface area contributed by atoms with Crippen LogP contribution in [0.5, 0.6) is 0 Å². The third kappa shape index (κ3) is 4.44. The number of alkyl halides is 3.